The van der Waals surface area contributed by atoms with Gasteiger partial charge in [0.05, 0.1) is 6.61 Å². The molecule has 4 fully saturated rings. The molecule has 0 amide bonds. The van der Waals surface area contributed by atoms with Crippen LogP contribution in [0.5, 0.6) is 0 Å². The summed E-state index contributed by atoms with van der Waals surface area (Å²) in [6, 6.07) is 0. The number of hydrogen-bond acceptors (Lipinski definition) is 3. The summed E-state index contributed by atoms with van der Waals surface area (Å²) in [4.78, 5) is 0. The van der Waals surface area contributed by atoms with Crippen molar-refractivity contribution in [3.8, 4) is 0 Å². The van der Waals surface area contributed by atoms with Gasteiger partial charge in [-0.15, -0.1) is 0 Å². The Morgan fingerprint density at radius 1 is 1.24 bits per heavy atom. The van der Waals surface area contributed by atoms with Crippen molar-refractivity contribution < 1.29 is 26.5 Å². The van der Waals surface area contributed by atoms with Crippen LogP contribution in [0.3, 0.4) is 0 Å². The van der Waals surface area contributed by atoms with Crippen LogP contribution in [0.4, 0.5) is 8.78 Å². The predicted octanol–water partition coefficient (Wildman–Crippen LogP) is 3.09. The lowest BCUT2D eigenvalue weighted by atomic mass is 9.45. The zero-order valence-electron chi connectivity index (χ0n) is 12.1. The second-order valence-electron chi connectivity index (χ2n) is 7.88. The Bertz CT molecular complexity index is 517. The molecule has 122 valence electrons. The van der Waals surface area contributed by atoms with E-state index in [9.17, 15) is 17.2 Å². The van der Waals surface area contributed by atoms with Crippen molar-refractivity contribution in [1.29, 1.82) is 0 Å². The van der Waals surface area contributed by atoms with Gasteiger partial charge in [0.25, 0.3) is 0 Å². The van der Waals surface area contributed by atoms with Crippen LogP contribution in [-0.4, -0.2) is 31.4 Å². The summed E-state index contributed by atoms with van der Waals surface area (Å²) in [5.74, 6) is 1.31. The highest BCUT2D eigenvalue weighted by Crippen LogP contribution is 2.65. The fraction of sp³-hybridized carbons (Fsp3) is 1.00. The number of ether oxygens (including phenoxy) is 1. The fourth-order valence-corrected chi connectivity index (χ4v) is 5.79. The van der Waals surface area contributed by atoms with Gasteiger partial charge < -0.3 is 4.74 Å². The second kappa shape index (κ2) is 4.61. The first-order chi connectivity index (χ1) is 9.53. The van der Waals surface area contributed by atoms with Gasteiger partial charge in [0.2, 0.25) is 0 Å². The van der Waals surface area contributed by atoms with Gasteiger partial charge in [-0.25, -0.2) is 0 Å². The van der Waals surface area contributed by atoms with E-state index in [0.29, 0.717) is 17.3 Å². The molecule has 0 aromatic rings. The number of rotatable bonds is 5. The van der Waals surface area contributed by atoms with Gasteiger partial charge in [0, 0.05) is 0 Å². The summed E-state index contributed by atoms with van der Waals surface area (Å²) in [5, 5.41) is -4.22. The molecule has 0 heterocycles. The minimum atomic E-state index is -5.40. The maximum Gasteiger partial charge on any atom is 0.392 e. The highest BCUT2D eigenvalue weighted by molar-refractivity contribution is 7.86. The maximum atomic E-state index is 13.2. The molecule has 0 saturated heterocycles. The first kappa shape index (κ1) is 15.6. The lowest BCUT2D eigenvalue weighted by Crippen LogP contribution is -2.52. The molecule has 4 rings (SSSR count). The van der Waals surface area contributed by atoms with Crippen LogP contribution in [0.15, 0.2) is 0 Å². The SMILES string of the molecule is CC12CC3CC(C1)CC(COCC(F)(F)S(=O)(=O)O)(C3)C2. The molecule has 2 atom stereocenters. The first-order valence-electron chi connectivity index (χ1n) is 7.45. The Kier molecular flexibility index (Phi) is 3.43. The van der Waals surface area contributed by atoms with Crippen molar-refractivity contribution in [3.63, 3.8) is 0 Å². The van der Waals surface area contributed by atoms with E-state index in [-0.39, 0.29) is 12.0 Å². The molecule has 0 aromatic heterocycles. The smallest absolute Gasteiger partial charge is 0.373 e. The van der Waals surface area contributed by atoms with Crippen molar-refractivity contribution in [3.05, 3.63) is 0 Å². The summed E-state index contributed by atoms with van der Waals surface area (Å²) in [5.41, 5.74) is 0.215. The van der Waals surface area contributed by atoms with E-state index in [4.69, 9.17) is 9.29 Å². The predicted molar refractivity (Wildman–Crippen MR) is 72.5 cm³/mol. The lowest BCUT2D eigenvalue weighted by Gasteiger charge is -2.61. The molecule has 4 aliphatic carbocycles. The summed E-state index contributed by atoms with van der Waals surface area (Å²) in [7, 11) is -5.40. The summed E-state index contributed by atoms with van der Waals surface area (Å²) in [6.07, 6.45) is 6.63. The molecule has 1 N–H and O–H groups in total. The Hall–Kier alpha value is -0.270. The molecule has 4 nitrogen and oxygen atoms in total. The molecular formula is C14H22F2O4S. The molecule has 0 aromatic carbocycles. The fourth-order valence-electron chi connectivity index (χ4n) is 5.56. The summed E-state index contributed by atoms with van der Waals surface area (Å²) < 4.78 is 61.1. The van der Waals surface area contributed by atoms with Crippen molar-refractivity contribution in [2.45, 2.75) is 50.7 Å². The van der Waals surface area contributed by atoms with Crippen molar-refractivity contribution >= 4 is 10.1 Å². The molecule has 21 heavy (non-hydrogen) atoms. The van der Waals surface area contributed by atoms with Gasteiger partial charge in [0.1, 0.15) is 6.61 Å². The molecule has 0 radical (unpaired) electrons. The Morgan fingerprint density at radius 3 is 2.29 bits per heavy atom. The second-order valence-corrected chi connectivity index (χ2v) is 9.42. The molecule has 4 saturated carbocycles. The average molecular weight is 324 g/mol. The van der Waals surface area contributed by atoms with E-state index < -0.39 is 22.0 Å². The third kappa shape index (κ3) is 2.84. The van der Waals surface area contributed by atoms with Crippen LogP contribution >= 0.6 is 0 Å². The highest BCUT2D eigenvalue weighted by atomic mass is 32.2. The normalized spacial score (nSPS) is 42.5. The van der Waals surface area contributed by atoms with Crippen LogP contribution < -0.4 is 0 Å². The van der Waals surface area contributed by atoms with Crippen molar-refractivity contribution in [2.24, 2.45) is 22.7 Å². The standard InChI is InChI=1S/C14H22F2O4S/c1-12-3-10-2-11(4-12)6-13(5-10,7-12)8-20-9-14(15,16)21(17,18)19/h10-11H,2-9H2,1H3,(H,17,18,19). The summed E-state index contributed by atoms with van der Waals surface area (Å²) >= 11 is 0. The number of hydrogen-bond donors (Lipinski definition) is 1. The van der Waals surface area contributed by atoms with E-state index in [0.717, 1.165) is 19.3 Å². The largest absolute Gasteiger partial charge is 0.392 e. The first-order valence-corrected chi connectivity index (χ1v) is 8.89. The van der Waals surface area contributed by atoms with Crippen LogP contribution in [-0.2, 0) is 14.9 Å². The van der Waals surface area contributed by atoms with E-state index in [1.165, 1.54) is 19.3 Å². The zero-order chi connectivity index (χ0) is 15.5. The van der Waals surface area contributed by atoms with Crippen LogP contribution in [0, 0.1) is 22.7 Å². The van der Waals surface area contributed by atoms with E-state index >= 15 is 0 Å². The minimum absolute atomic E-state index is 0.0753. The zero-order valence-corrected chi connectivity index (χ0v) is 13.0. The van der Waals surface area contributed by atoms with Crippen LogP contribution in [0.25, 0.3) is 0 Å². The molecule has 7 heteroatoms. The third-order valence-electron chi connectivity index (χ3n) is 5.53. The molecule has 0 aliphatic heterocycles. The Morgan fingerprint density at radius 2 is 1.81 bits per heavy atom. The lowest BCUT2D eigenvalue weighted by molar-refractivity contribution is -0.143. The molecule has 2 unspecified atom stereocenters. The monoisotopic (exact) mass is 324 g/mol. The highest BCUT2D eigenvalue weighted by Gasteiger charge is 2.56. The number of alkyl halides is 2. The molecule has 4 bridgehead atoms. The minimum Gasteiger partial charge on any atom is -0.373 e. The molecule has 4 aliphatic rings. The molecule has 0 spiro atoms. The van der Waals surface area contributed by atoms with Gasteiger partial charge in [-0.2, -0.15) is 17.2 Å². The van der Waals surface area contributed by atoms with Crippen molar-refractivity contribution in [1.82, 2.24) is 0 Å². The van der Waals surface area contributed by atoms with Crippen LogP contribution in [0.1, 0.15) is 45.4 Å². The third-order valence-corrected chi connectivity index (χ3v) is 6.40. The van der Waals surface area contributed by atoms with Gasteiger partial charge in [-0.1, -0.05) is 6.92 Å². The van der Waals surface area contributed by atoms with Gasteiger partial charge in [-0.3, -0.25) is 4.55 Å². The van der Waals surface area contributed by atoms with E-state index in [1.54, 1.807) is 0 Å². The van der Waals surface area contributed by atoms with Gasteiger partial charge >= 0.3 is 15.4 Å². The quantitative estimate of drug-likeness (QED) is 0.789. The van der Waals surface area contributed by atoms with Gasteiger partial charge in [-0.05, 0) is 61.2 Å². The topological polar surface area (TPSA) is 63.6 Å². The Labute approximate surface area is 124 Å². The summed E-state index contributed by atoms with van der Waals surface area (Å²) in [6.45, 7) is 1.17. The Balaban J connectivity index is 1.64. The average Bonchev–Trinajstić information content (AvgIpc) is 2.22. The van der Waals surface area contributed by atoms with E-state index in [1.807, 2.05) is 0 Å². The van der Waals surface area contributed by atoms with Crippen molar-refractivity contribution in [2.75, 3.05) is 13.2 Å². The maximum absolute atomic E-state index is 13.2. The van der Waals surface area contributed by atoms with Crippen LogP contribution in [0.2, 0.25) is 0 Å². The molecular weight excluding hydrogens is 302 g/mol. The van der Waals surface area contributed by atoms with E-state index in [2.05, 4.69) is 6.92 Å². The number of halogens is 2. The van der Waals surface area contributed by atoms with Gasteiger partial charge in [0.15, 0.2) is 0 Å².